The summed E-state index contributed by atoms with van der Waals surface area (Å²) in [5, 5.41) is 0. The molecule has 18 heavy (non-hydrogen) atoms. The van der Waals surface area contributed by atoms with Crippen LogP contribution in [0.25, 0.3) is 0 Å². The van der Waals surface area contributed by atoms with Gasteiger partial charge in [-0.3, -0.25) is 4.90 Å². The van der Waals surface area contributed by atoms with E-state index in [-0.39, 0.29) is 12.4 Å². The summed E-state index contributed by atoms with van der Waals surface area (Å²) in [5.41, 5.74) is 7.40. The van der Waals surface area contributed by atoms with Crippen molar-refractivity contribution in [2.75, 3.05) is 13.1 Å². The van der Waals surface area contributed by atoms with Crippen molar-refractivity contribution in [2.45, 2.75) is 38.8 Å². The fourth-order valence-corrected chi connectivity index (χ4v) is 2.77. The zero-order valence-electron chi connectivity index (χ0n) is 11.4. The minimum absolute atomic E-state index is 0. The molecule has 102 valence electrons. The Bertz CT molecular complexity index is 332. The predicted molar refractivity (Wildman–Crippen MR) is 80.1 cm³/mol. The van der Waals surface area contributed by atoms with E-state index in [4.69, 9.17) is 5.73 Å². The Labute approximate surface area is 117 Å². The monoisotopic (exact) mass is 268 g/mol. The third kappa shape index (κ3) is 3.71. The summed E-state index contributed by atoms with van der Waals surface area (Å²) in [5.74, 6) is 0.717. The molecule has 1 heterocycles. The van der Waals surface area contributed by atoms with Crippen molar-refractivity contribution in [1.29, 1.82) is 0 Å². The van der Waals surface area contributed by atoms with Crippen LogP contribution in [0, 0.1) is 5.92 Å². The standard InChI is InChI=1S/C15H24N2.ClH/c1-12(16)14-8-10-17(11-9-14)13(2)15-6-4-3-5-7-15;/h3-7,12-14H,8-11,16H2,1-2H3;1H. The smallest absolute Gasteiger partial charge is 0.0319 e. The highest BCUT2D eigenvalue weighted by Gasteiger charge is 2.25. The Balaban J connectivity index is 0.00000162. The lowest BCUT2D eigenvalue weighted by Crippen LogP contribution is -2.40. The van der Waals surface area contributed by atoms with Crippen LogP contribution in [0.1, 0.15) is 38.3 Å². The van der Waals surface area contributed by atoms with Crippen LogP contribution in [-0.4, -0.2) is 24.0 Å². The highest BCUT2D eigenvalue weighted by molar-refractivity contribution is 5.85. The number of halogens is 1. The molecule has 1 saturated heterocycles. The van der Waals surface area contributed by atoms with E-state index < -0.39 is 0 Å². The molecule has 0 aromatic heterocycles. The van der Waals surface area contributed by atoms with Crippen LogP contribution in [0.3, 0.4) is 0 Å². The zero-order valence-corrected chi connectivity index (χ0v) is 12.2. The molecule has 2 atom stereocenters. The summed E-state index contributed by atoms with van der Waals surface area (Å²) in [6.07, 6.45) is 2.49. The van der Waals surface area contributed by atoms with Crippen molar-refractivity contribution >= 4 is 12.4 Å². The Morgan fingerprint density at radius 1 is 1.11 bits per heavy atom. The predicted octanol–water partition coefficient (Wildman–Crippen LogP) is 3.23. The molecule has 2 nitrogen and oxygen atoms in total. The molecule has 2 N–H and O–H groups in total. The van der Waals surface area contributed by atoms with Crippen molar-refractivity contribution in [3.05, 3.63) is 35.9 Å². The topological polar surface area (TPSA) is 29.3 Å². The molecule has 2 unspecified atom stereocenters. The Kier molecular flexibility index (Phi) is 6.13. The summed E-state index contributed by atoms with van der Waals surface area (Å²) in [4.78, 5) is 2.58. The number of nitrogens with zero attached hydrogens (tertiary/aromatic N) is 1. The van der Waals surface area contributed by atoms with Gasteiger partial charge in [-0.15, -0.1) is 12.4 Å². The fraction of sp³-hybridized carbons (Fsp3) is 0.600. The van der Waals surface area contributed by atoms with E-state index in [1.165, 1.54) is 31.5 Å². The summed E-state index contributed by atoms with van der Waals surface area (Å²) < 4.78 is 0. The number of likely N-dealkylation sites (tertiary alicyclic amines) is 1. The van der Waals surface area contributed by atoms with Crippen molar-refractivity contribution in [3.8, 4) is 0 Å². The largest absolute Gasteiger partial charge is 0.328 e. The van der Waals surface area contributed by atoms with Gasteiger partial charge in [-0.2, -0.15) is 0 Å². The first-order valence-electron chi connectivity index (χ1n) is 6.73. The Hall–Kier alpha value is -0.570. The molecule has 1 aromatic carbocycles. The molecule has 0 amide bonds. The molecular formula is C15H25ClN2. The van der Waals surface area contributed by atoms with Crippen LogP contribution in [-0.2, 0) is 0 Å². The van der Waals surface area contributed by atoms with Crippen LogP contribution in [0.5, 0.6) is 0 Å². The number of nitrogens with two attached hydrogens (primary N) is 1. The van der Waals surface area contributed by atoms with Gasteiger partial charge in [0.2, 0.25) is 0 Å². The van der Waals surface area contributed by atoms with E-state index in [1.54, 1.807) is 0 Å². The van der Waals surface area contributed by atoms with Gasteiger partial charge in [0, 0.05) is 12.1 Å². The fourth-order valence-electron chi connectivity index (χ4n) is 2.77. The molecule has 0 radical (unpaired) electrons. The maximum absolute atomic E-state index is 5.98. The second kappa shape index (κ2) is 7.13. The van der Waals surface area contributed by atoms with Gasteiger partial charge in [-0.1, -0.05) is 30.3 Å². The minimum atomic E-state index is 0. The quantitative estimate of drug-likeness (QED) is 0.912. The molecule has 0 spiro atoms. The van der Waals surface area contributed by atoms with Gasteiger partial charge in [-0.25, -0.2) is 0 Å². The van der Waals surface area contributed by atoms with Gasteiger partial charge in [0.25, 0.3) is 0 Å². The maximum atomic E-state index is 5.98. The molecule has 1 fully saturated rings. The first-order valence-corrected chi connectivity index (χ1v) is 6.73. The molecule has 3 heteroatoms. The van der Waals surface area contributed by atoms with Crippen LogP contribution in [0.2, 0.25) is 0 Å². The van der Waals surface area contributed by atoms with Gasteiger partial charge >= 0.3 is 0 Å². The molecule has 0 saturated carbocycles. The maximum Gasteiger partial charge on any atom is 0.0319 e. The lowest BCUT2D eigenvalue weighted by atomic mass is 9.90. The van der Waals surface area contributed by atoms with Crippen LogP contribution < -0.4 is 5.73 Å². The normalized spacial score (nSPS) is 21.1. The highest BCUT2D eigenvalue weighted by atomic mass is 35.5. The summed E-state index contributed by atoms with van der Waals surface area (Å²) >= 11 is 0. The Morgan fingerprint density at radius 3 is 2.17 bits per heavy atom. The summed E-state index contributed by atoms with van der Waals surface area (Å²) in [6.45, 7) is 6.81. The van der Waals surface area contributed by atoms with Gasteiger partial charge in [0.1, 0.15) is 0 Å². The molecular weight excluding hydrogens is 244 g/mol. The molecule has 0 aliphatic carbocycles. The van der Waals surface area contributed by atoms with Crippen LogP contribution in [0.15, 0.2) is 30.3 Å². The van der Waals surface area contributed by atoms with E-state index in [9.17, 15) is 0 Å². The van der Waals surface area contributed by atoms with E-state index in [2.05, 4.69) is 49.1 Å². The van der Waals surface area contributed by atoms with E-state index in [1.807, 2.05) is 0 Å². The SMILES string of the molecule is CC(N)C1CCN(C(C)c2ccccc2)CC1.Cl. The zero-order chi connectivity index (χ0) is 12.3. The number of rotatable bonds is 3. The molecule has 1 aliphatic heterocycles. The van der Waals surface area contributed by atoms with Crippen LogP contribution >= 0.6 is 12.4 Å². The molecule has 1 aliphatic rings. The molecule has 0 bridgehead atoms. The minimum Gasteiger partial charge on any atom is -0.328 e. The molecule has 2 rings (SSSR count). The molecule has 1 aromatic rings. The van der Waals surface area contributed by atoms with E-state index >= 15 is 0 Å². The summed E-state index contributed by atoms with van der Waals surface area (Å²) in [7, 11) is 0. The van der Waals surface area contributed by atoms with E-state index in [0.29, 0.717) is 18.0 Å². The first kappa shape index (κ1) is 15.5. The first-order chi connectivity index (χ1) is 8.18. The second-order valence-electron chi connectivity index (χ2n) is 5.32. The number of hydrogen-bond donors (Lipinski definition) is 1. The lowest BCUT2D eigenvalue weighted by Gasteiger charge is -2.37. The van der Waals surface area contributed by atoms with Crippen molar-refractivity contribution in [1.82, 2.24) is 4.90 Å². The van der Waals surface area contributed by atoms with Crippen LogP contribution in [0.4, 0.5) is 0 Å². The lowest BCUT2D eigenvalue weighted by molar-refractivity contribution is 0.132. The second-order valence-corrected chi connectivity index (χ2v) is 5.32. The Morgan fingerprint density at radius 2 is 1.67 bits per heavy atom. The number of benzene rings is 1. The van der Waals surface area contributed by atoms with Gasteiger partial charge < -0.3 is 5.73 Å². The van der Waals surface area contributed by atoms with Gasteiger partial charge in [0.05, 0.1) is 0 Å². The van der Waals surface area contributed by atoms with Crippen molar-refractivity contribution in [2.24, 2.45) is 11.7 Å². The third-order valence-corrected chi connectivity index (χ3v) is 4.15. The number of hydrogen-bond acceptors (Lipinski definition) is 2. The summed E-state index contributed by atoms with van der Waals surface area (Å²) in [6, 6.07) is 11.7. The average Bonchev–Trinajstić information content (AvgIpc) is 2.39. The highest BCUT2D eigenvalue weighted by Crippen LogP contribution is 2.27. The van der Waals surface area contributed by atoms with Crippen molar-refractivity contribution < 1.29 is 0 Å². The van der Waals surface area contributed by atoms with Gasteiger partial charge in [-0.05, 0) is 51.3 Å². The average molecular weight is 269 g/mol. The van der Waals surface area contributed by atoms with Gasteiger partial charge in [0.15, 0.2) is 0 Å². The third-order valence-electron chi connectivity index (χ3n) is 4.15. The van der Waals surface area contributed by atoms with E-state index in [0.717, 1.165) is 0 Å². The van der Waals surface area contributed by atoms with Crippen molar-refractivity contribution in [3.63, 3.8) is 0 Å². The number of piperidine rings is 1.